The maximum Gasteiger partial charge on any atom is 0.115 e. The third-order valence-corrected chi connectivity index (χ3v) is 5.00. The van der Waals surface area contributed by atoms with Crippen molar-refractivity contribution >= 4 is 0 Å². The predicted molar refractivity (Wildman–Crippen MR) is 69.5 cm³/mol. The summed E-state index contributed by atoms with van der Waals surface area (Å²) >= 11 is 0. The molecule has 1 heterocycles. The normalized spacial score (nSPS) is 36.6. The van der Waals surface area contributed by atoms with Gasteiger partial charge in [0.25, 0.3) is 0 Å². The zero-order chi connectivity index (χ0) is 12.2. The van der Waals surface area contributed by atoms with Crippen molar-refractivity contribution in [2.24, 2.45) is 0 Å². The molecule has 0 amide bonds. The SMILES string of the molecule is CC1c2ccc(O)cc2C2(C)CCN(C)C1C2. The van der Waals surface area contributed by atoms with Crippen molar-refractivity contribution in [1.29, 1.82) is 0 Å². The first-order chi connectivity index (χ1) is 8.01. The highest BCUT2D eigenvalue weighted by molar-refractivity contribution is 5.45. The van der Waals surface area contributed by atoms with Crippen LogP contribution in [-0.4, -0.2) is 29.6 Å². The summed E-state index contributed by atoms with van der Waals surface area (Å²) in [5.41, 5.74) is 3.08. The van der Waals surface area contributed by atoms with Crippen LogP contribution in [0.2, 0.25) is 0 Å². The van der Waals surface area contributed by atoms with Crippen molar-refractivity contribution in [2.45, 2.75) is 44.1 Å². The van der Waals surface area contributed by atoms with Crippen LogP contribution in [0.3, 0.4) is 0 Å². The summed E-state index contributed by atoms with van der Waals surface area (Å²) in [6.45, 7) is 5.85. The minimum absolute atomic E-state index is 0.262. The second-order valence-corrected chi connectivity index (χ2v) is 6.12. The van der Waals surface area contributed by atoms with Gasteiger partial charge < -0.3 is 10.0 Å². The molecule has 2 nitrogen and oxygen atoms in total. The quantitative estimate of drug-likeness (QED) is 0.742. The van der Waals surface area contributed by atoms with Crippen molar-refractivity contribution in [3.8, 4) is 5.75 Å². The molecule has 3 atom stereocenters. The largest absolute Gasteiger partial charge is 0.508 e. The molecule has 1 aliphatic carbocycles. The maximum atomic E-state index is 9.73. The Bertz CT molecular complexity index is 456. The van der Waals surface area contributed by atoms with Gasteiger partial charge in [-0.2, -0.15) is 0 Å². The lowest BCUT2D eigenvalue weighted by molar-refractivity contribution is 0.0950. The first-order valence-corrected chi connectivity index (χ1v) is 6.55. The molecular formula is C15H21NO. The molecule has 1 aromatic carbocycles. The number of piperidine rings is 1. The van der Waals surface area contributed by atoms with Crippen molar-refractivity contribution in [3.63, 3.8) is 0 Å². The van der Waals surface area contributed by atoms with E-state index in [1.165, 1.54) is 30.5 Å². The van der Waals surface area contributed by atoms with Gasteiger partial charge in [0.15, 0.2) is 0 Å². The number of benzene rings is 1. The Labute approximate surface area is 103 Å². The first-order valence-electron chi connectivity index (χ1n) is 6.55. The molecule has 3 unspecified atom stereocenters. The number of phenols is 1. The van der Waals surface area contributed by atoms with Crippen LogP contribution in [0.4, 0.5) is 0 Å². The molecule has 1 saturated heterocycles. The molecule has 2 bridgehead atoms. The van der Waals surface area contributed by atoms with E-state index in [9.17, 15) is 5.11 Å². The standard InChI is InChI=1S/C15H21NO/c1-10-12-5-4-11(17)8-13(12)15(2)6-7-16(3)14(10)9-15/h4-5,8,10,14,17H,6-7,9H2,1-3H3. The number of fused-ring (bicyclic) bond motifs is 4. The Morgan fingerprint density at radius 3 is 2.94 bits per heavy atom. The van der Waals surface area contributed by atoms with Crippen LogP contribution in [0.25, 0.3) is 0 Å². The van der Waals surface area contributed by atoms with Gasteiger partial charge in [-0.15, -0.1) is 0 Å². The van der Waals surface area contributed by atoms with Crippen LogP contribution in [0.1, 0.15) is 43.7 Å². The molecule has 0 aromatic heterocycles. The molecule has 0 saturated carbocycles. The van der Waals surface area contributed by atoms with Crippen LogP contribution in [0.5, 0.6) is 5.75 Å². The molecule has 0 spiro atoms. The summed E-state index contributed by atoms with van der Waals surface area (Å²) in [6, 6.07) is 6.61. The smallest absolute Gasteiger partial charge is 0.115 e. The number of hydrogen-bond acceptors (Lipinski definition) is 2. The van der Waals surface area contributed by atoms with Gasteiger partial charge in [-0.1, -0.05) is 19.9 Å². The second-order valence-electron chi connectivity index (χ2n) is 6.12. The van der Waals surface area contributed by atoms with Gasteiger partial charge in [0.1, 0.15) is 5.75 Å². The van der Waals surface area contributed by atoms with Crippen LogP contribution in [-0.2, 0) is 5.41 Å². The average Bonchev–Trinajstić information content (AvgIpc) is 2.31. The van der Waals surface area contributed by atoms with E-state index in [0.717, 1.165) is 0 Å². The molecule has 1 aromatic rings. The monoisotopic (exact) mass is 231 g/mol. The van der Waals surface area contributed by atoms with Gasteiger partial charge in [-0.3, -0.25) is 0 Å². The molecule has 3 rings (SSSR count). The summed E-state index contributed by atoms with van der Waals surface area (Å²) in [4.78, 5) is 2.50. The van der Waals surface area contributed by atoms with Gasteiger partial charge in [0, 0.05) is 6.04 Å². The molecule has 2 aliphatic rings. The van der Waals surface area contributed by atoms with Gasteiger partial charge >= 0.3 is 0 Å². The molecule has 2 heteroatoms. The second kappa shape index (κ2) is 3.49. The van der Waals surface area contributed by atoms with Crippen molar-refractivity contribution in [2.75, 3.05) is 13.6 Å². The number of hydrogen-bond donors (Lipinski definition) is 1. The molecule has 1 aliphatic heterocycles. The fourth-order valence-electron chi connectivity index (χ4n) is 3.78. The van der Waals surface area contributed by atoms with Gasteiger partial charge in [-0.05, 0) is 61.0 Å². The average molecular weight is 231 g/mol. The fraction of sp³-hybridized carbons (Fsp3) is 0.600. The molecule has 92 valence electrons. The third-order valence-electron chi connectivity index (χ3n) is 5.00. The number of nitrogens with zero attached hydrogens (tertiary/aromatic N) is 1. The highest BCUT2D eigenvalue weighted by atomic mass is 16.3. The topological polar surface area (TPSA) is 23.5 Å². The lowest BCUT2D eigenvalue weighted by atomic mass is 9.62. The highest BCUT2D eigenvalue weighted by Crippen LogP contribution is 2.49. The summed E-state index contributed by atoms with van der Waals surface area (Å²) < 4.78 is 0. The van der Waals surface area contributed by atoms with Gasteiger partial charge in [0.05, 0.1) is 0 Å². The van der Waals surface area contributed by atoms with E-state index in [0.29, 0.717) is 17.7 Å². The Hall–Kier alpha value is -1.02. The fourth-order valence-corrected chi connectivity index (χ4v) is 3.78. The Kier molecular flexibility index (Phi) is 2.27. The lowest BCUT2D eigenvalue weighted by Crippen LogP contribution is -2.51. The van der Waals surface area contributed by atoms with Crippen molar-refractivity contribution in [1.82, 2.24) is 4.90 Å². The number of likely N-dealkylation sites (tertiary alicyclic amines) is 1. The minimum Gasteiger partial charge on any atom is -0.508 e. The van der Waals surface area contributed by atoms with E-state index in [1.807, 2.05) is 12.1 Å². The van der Waals surface area contributed by atoms with Gasteiger partial charge in [-0.25, -0.2) is 0 Å². The van der Waals surface area contributed by atoms with Crippen LogP contribution in [0.15, 0.2) is 18.2 Å². The summed E-state index contributed by atoms with van der Waals surface area (Å²) in [6.07, 6.45) is 2.42. The third kappa shape index (κ3) is 1.50. The van der Waals surface area contributed by atoms with Crippen LogP contribution < -0.4 is 0 Å². The minimum atomic E-state index is 0.262. The van der Waals surface area contributed by atoms with E-state index in [1.54, 1.807) is 0 Å². The van der Waals surface area contributed by atoms with Crippen molar-refractivity contribution in [3.05, 3.63) is 29.3 Å². The maximum absolute atomic E-state index is 9.73. The molecule has 0 radical (unpaired) electrons. The molecular weight excluding hydrogens is 210 g/mol. The number of likely N-dealkylation sites (N-methyl/N-ethyl adjacent to an activating group) is 1. The first kappa shape index (κ1) is 11.1. The van der Waals surface area contributed by atoms with E-state index >= 15 is 0 Å². The zero-order valence-electron chi connectivity index (χ0n) is 10.9. The van der Waals surface area contributed by atoms with Gasteiger partial charge in [0.2, 0.25) is 0 Å². The molecule has 17 heavy (non-hydrogen) atoms. The number of rotatable bonds is 0. The van der Waals surface area contributed by atoms with E-state index in [-0.39, 0.29) is 5.41 Å². The number of phenolic OH excluding ortho intramolecular Hbond substituents is 1. The Balaban J connectivity index is 2.17. The Morgan fingerprint density at radius 2 is 2.18 bits per heavy atom. The van der Waals surface area contributed by atoms with Crippen LogP contribution >= 0.6 is 0 Å². The molecule has 1 fully saturated rings. The summed E-state index contributed by atoms with van der Waals surface area (Å²) in [7, 11) is 2.24. The predicted octanol–water partition coefficient (Wildman–Crippen LogP) is 2.86. The van der Waals surface area contributed by atoms with E-state index < -0.39 is 0 Å². The van der Waals surface area contributed by atoms with E-state index in [4.69, 9.17) is 0 Å². The van der Waals surface area contributed by atoms with Crippen LogP contribution in [0, 0.1) is 0 Å². The summed E-state index contributed by atoms with van der Waals surface area (Å²) in [5, 5.41) is 9.73. The number of aromatic hydroxyl groups is 1. The lowest BCUT2D eigenvalue weighted by Gasteiger charge is -2.51. The highest BCUT2D eigenvalue weighted by Gasteiger charge is 2.44. The summed E-state index contributed by atoms with van der Waals surface area (Å²) in [5.74, 6) is 0.985. The Morgan fingerprint density at radius 1 is 1.41 bits per heavy atom. The van der Waals surface area contributed by atoms with E-state index in [2.05, 4.69) is 31.9 Å². The molecule has 1 N–H and O–H groups in total. The zero-order valence-corrected chi connectivity index (χ0v) is 10.9. The van der Waals surface area contributed by atoms with Crippen molar-refractivity contribution < 1.29 is 5.11 Å².